The third-order valence-electron chi connectivity index (χ3n) is 10.1. The minimum atomic E-state index is -0.607. The van der Waals surface area contributed by atoms with Crippen LogP contribution in [-0.4, -0.2) is 47.5 Å². The Morgan fingerprint density at radius 1 is 0.955 bits per heavy atom. The summed E-state index contributed by atoms with van der Waals surface area (Å²) in [5.74, 6) is 0.690. The molecular weight excluding hydrogens is 574 g/mol. The minimum Gasteiger partial charge on any atom is -0.461 e. The molecule has 0 amide bonds. The van der Waals surface area contributed by atoms with Crippen molar-refractivity contribution in [1.82, 2.24) is 0 Å². The molecule has 2 aliphatic carbocycles. The number of nitrogens with two attached hydrogens (primary N) is 1. The fourth-order valence-electron chi connectivity index (χ4n) is 7.10. The minimum absolute atomic E-state index is 0.00963. The van der Waals surface area contributed by atoms with Gasteiger partial charge >= 0.3 is 11.9 Å². The van der Waals surface area contributed by atoms with Gasteiger partial charge in [0, 0.05) is 40.0 Å². The van der Waals surface area contributed by atoms with Gasteiger partial charge < -0.3 is 15.2 Å². The number of Topliss-reactive ketones (excluding diaryl/α,β-unsaturated/α-hetero) is 2. The highest BCUT2D eigenvalue weighted by Crippen LogP contribution is 2.54. The zero-order valence-electron chi connectivity index (χ0n) is 28.0. The Hall–Kier alpha value is -2.19. The van der Waals surface area contributed by atoms with E-state index in [1.54, 1.807) is 12.1 Å². The third-order valence-corrected chi connectivity index (χ3v) is 11.1. The van der Waals surface area contributed by atoms with Gasteiger partial charge in [-0.2, -0.15) is 0 Å². The number of fused-ring (bicyclic) bond motifs is 2. The Bertz CT molecular complexity index is 1160. The van der Waals surface area contributed by atoms with Crippen LogP contribution in [0.15, 0.2) is 29.2 Å². The lowest BCUT2D eigenvalue weighted by molar-refractivity contribution is -0.171. The van der Waals surface area contributed by atoms with E-state index in [9.17, 15) is 19.2 Å². The van der Waals surface area contributed by atoms with Gasteiger partial charge in [0.25, 0.3) is 0 Å². The molecule has 1 aromatic rings. The second-order valence-corrected chi connectivity index (χ2v) is 15.8. The molecule has 0 aromatic heterocycles. The van der Waals surface area contributed by atoms with Gasteiger partial charge in [-0.05, 0) is 96.2 Å². The van der Waals surface area contributed by atoms with E-state index in [0.29, 0.717) is 56.0 Å². The van der Waals surface area contributed by atoms with Crippen molar-refractivity contribution in [1.29, 1.82) is 0 Å². The van der Waals surface area contributed by atoms with Crippen molar-refractivity contribution in [2.45, 2.75) is 129 Å². The molecule has 2 aliphatic rings. The maximum atomic E-state index is 13.6. The average Bonchev–Trinajstić information content (AvgIpc) is 2.95. The lowest BCUT2D eigenvalue weighted by atomic mass is 9.53. The van der Waals surface area contributed by atoms with E-state index in [1.165, 1.54) is 11.8 Å². The van der Waals surface area contributed by atoms with E-state index < -0.39 is 11.0 Å². The first-order chi connectivity index (χ1) is 20.6. The monoisotopic (exact) mass is 629 g/mol. The molecule has 2 bridgehead atoms. The lowest BCUT2D eigenvalue weighted by Crippen LogP contribution is -2.53. The molecule has 2 saturated carbocycles. The van der Waals surface area contributed by atoms with Crippen LogP contribution in [0.25, 0.3) is 0 Å². The summed E-state index contributed by atoms with van der Waals surface area (Å²) in [5, 5.41) is 0. The Morgan fingerprint density at radius 3 is 2.25 bits per heavy atom. The number of unbranched alkanes of at least 4 members (excludes halogenated alkanes) is 2. The quantitative estimate of drug-likeness (QED) is 0.103. The number of hydrogen-bond donors (Lipinski definition) is 1. The molecule has 0 heterocycles. The van der Waals surface area contributed by atoms with Gasteiger partial charge in [0.15, 0.2) is 5.78 Å². The molecule has 44 heavy (non-hydrogen) atoms. The number of hydrogen-bond acceptors (Lipinski definition) is 8. The molecule has 2 N–H and O–H groups in total. The van der Waals surface area contributed by atoms with Gasteiger partial charge in [-0.15, -0.1) is 11.8 Å². The summed E-state index contributed by atoms with van der Waals surface area (Å²) in [6.45, 7) is 14.6. The number of rotatable bonds is 13. The molecule has 0 radical (unpaired) electrons. The number of carbonyl (C=O) groups is 4. The number of esters is 2. The van der Waals surface area contributed by atoms with Gasteiger partial charge in [0.2, 0.25) is 0 Å². The van der Waals surface area contributed by atoms with E-state index in [-0.39, 0.29) is 46.7 Å². The first-order valence-corrected chi connectivity index (χ1v) is 17.5. The Balaban J connectivity index is 1.53. The molecule has 7 nitrogen and oxygen atoms in total. The molecule has 6 atom stereocenters. The largest absolute Gasteiger partial charge is 0.461 e. The number of ketones is 2. The van der Waals surface area contributed by atoms with Gasteiger partial charge in [-0.25, -0.2) is 0 Å². The lowest BCUT2D eigenvalue weighted by Gasteiger charge is -2.53. The van der Waals surface area contributed by atoms with Crippen LogP contribution in [0.3, 0.4) is 0 Å². The van der Waals surface area contributed by atoms with Crippen LogP contribution in [0.4, 0.5) is 0 Å². The van der Waals surface area contributed by atoms with Crippen LogP contribution in [-0.2, 0) is 23.9 Å². The van der Waals surface area contributed by atoms with Crippen molar-refractivity contribution in [3.63, 3.8) is 0 Å². The van der Waals surface area contributed by atoms with Crippen LogP contribution in [0, 0.1) is 28.6 Å². The molecular formula is C36H55NO6S. The normalized spacial score (nSPS) is 29.0. The molecule has 3 rings (SSSR count). The second kappa shape index (κ2) is 15.4. The predicted octanol–water partition coefficient (Wildman–Crippen LogP) is 7.57. The maximum Gasteiger partial charge on any atom is 0.316 e. The molecule has 246 valence electrons. The predicted molar refractivity (Wildman–Crippen MR) is 175 cm³/mol. The molecule has 0 spiro atoms. The molecule has 0 saturated heterocycles. The van der Waals surface area contributed by atoms with Crippen molar-refractivity contribution in [3.05, 3.63) is 29.8 Å². The standard InChI is InChI=1S/C36H55NO6S/c1-24-13-14-27-21-36(24,7)30(22-35(6,19-20-37)33(41)25(27)2)42-32(40)23-44-28-17-15-26(16-18-28)29(38)11-9-8-10-12-31(39)43-34(3,4)5/h15-18,24-25,27,30H,8-14,19-23,37H2,1-7H3/t24-,25-,27+,30-,35+,36+/m1/s1. The summed E-state index contributed by atoms with van der Waals surface area (Å²) in [6.07, 6.45) is 6.72. The number of thioether (sulfide) groups is 1. The number of ether oxygens (including phenoxy) is 2. The molecule has 2 fully saturated rings. The third kappa shape index (κ3) is 9.65. The Morgan fingerprint density at radius 2 is 1.61 bits per heavy atom. The van der Waals surface area contributed by atoms with Crippen LogP contribution in [0.1, 0.15) is 123 Å². The molecule has 0 unspecified atom stereocenters. The molecule has 0 aliphatic heterocycles. The van der Waals surface area contributed by atoms with Gasteiger partial charge in [-0.1, -0.05) is 46.2 Å². The highest BCUT2D eigenvalue weighted by molar-refractivity contribution is 8.00. The SMILES string of the molecule is C[C@@H]1CC[C@H]2C[C@]1(C)[C@H](OC(=O)CSc1ccc(C(=O)CCCCCC(=O)OC(C)(C)C)cc1)C[C@](C)(CCN)C(=O)[C@@H]2C. The molecule has 1 aromatic carbocycles. The van der Waals surface area contributed by atoms with E-state index in [4.69, 9.17) is 15.2 Å². The average molecular weight is 630 g/mol. The summed E-state index contributed by atoms with van der Waals surface area (Å²) in [6, 6.07) is 7.36. The molecule has 8 heteroatoms. The topological polar surface area (TPSA) is 113 Å². The van der Waals surface area contributed by atoms with E-state index in [1.807, 2.05) is 39.8 Å². The van der Waals surface area contributed by atoms with Gasteiger partial charge in [0.05, 0.1) is 5.75 Å². The zero-order valence-corrected chi connectivity index (χ0v) is 28.9. The first-order valence-electron chi connectivity index (χ1n) is 16.5. The summed E-state index contributed by atoms with van der Waals surface area (Å²) in [5.41, 5.74) is 5.34. The van der Waals surface area contributed by atoms with E-state index in [0.717, 1.165) is 37.0 Å². The summed E-state index contributed by atoms with van der Waals surface area (Å²) in [7, 11) is 0. The van der Waals surface area contributed by atoms with Crippen LogP contribution in [0.2, 0.25) is 0 Å². The fourth-order valence-corrected chi connectivity index (χ4v) is 7.79. The smallest absolute Gasteiger partial charge is 0.316 e. The van der Waals surface area contributed by atoms with Gasteiger partial charge in [0.1, 0.15) is 17.5 Å². The Labute approximate surface area is 269 Å². The fraction of sp³-hybridized carbons (Fsp3) is 0.722. The van der Waals surface area contributed by atoms with Crippen molar-refractivity contribution in [2.75, 3.05) is 12.3 Å². The first kappa shape index (κ1) is 36.3. The van der Waals surface area contributed by atoms with Crippen molar-refractivity contribution < 1.29 is 28.7 Å². The summed E-state index contributed by atoms with van der Waals surface area (Å²) in [4.78, 5) is 52.2. The highest BCUT2D eigenvalue weighted by atomic mass is 32.2. The number of carbonyl (C=O) groups excluding carboxylic acids is 4. The van der Waals surface area contributed by atoms with Gasteiger partial charge in [-0.3, -0.25) is 19.2 Å². The maximum absolute atomic E-state index is 13.6. The summed E-state index contributed by atoms with van der Waals surface area (Å²) < 4.78 is 11.6. The van der Waals surface area contributed by atoms with Crippen molar-refractivity contribution in [3.8, 4) is 0 Å². The van der Waals surface area contributed by atoms with E-state index in [2.05, 4.69) is 20.8 Å². The Kier molecular flexibility index (Phi) is 12.7. The van der Waals surface area contributed by atoms with Crippen LogP contribution in [0.5, 0.6) is 0 Å². The van der Waals surface area contributed by atoms with Crippen molar-refractivity contribution >= 4 is 35.3 Å². The summed E-state index contributed by atoms with van der Waals surface area (Å²) >= 11 is 1.40. The zero-order chi connectivity index (χ0) is 32.7. The van der Waals surface area contributed by atoms with Crippen molar-refractivity contribution in [2.24, 2.45) is 34.3 Å². The van der Waals surface area contributed by atoms with Crippen LogP contribution >= 0.6 is 11.8 Å². The van der Waals surface area contributed by atoms with E-state index >= 15 is 0 Å². The highest BCUT2D eigenvalue weighted by Gasteiger charge is 2.54. The second-order valence-electron chi connectivity index (χ2n) is 14.8. The number of benzene rings is 1. The van der Waals surface area contributed by atoms with Crippen LogP contribution < -0.4 is 5.73 Å².